The number of sulfonamides is 1. The normalized spacial score (nSPS) is 26.7. The van der Waals surface area contributed by atoms with E-state index in [9.17, 15) is 13.2 Å². The summed E-state index contributed by atoms with van der Waals surface area (Å²) in [4.78, 5) is 15.1. The Balaban J connectivity index is 1.55. The van der Waals surface area contributed by atoms with Crippen LogP contribution in [0.1, 0.15) is 61.7 Å². The highest BCUT2D eigenvalue weighted by Gasteiger charge is 2.34. The second-order valence-corrected chi connectivity index (χ2v) is 10.8. The Labute approximate surface area is 173 Å². The zero-order chi connectivity index (χ0) is 19.7. The maximum absolute atomic E-state index is 13.1. The van der Waals surface area contributed by atoms with Crippen LogP contribution < -0.4 is 0 Å². The number of rotatable bonds is 3. The fraction of sp³-hybridized carbons (Fsp3) is 0.667. The van der Waals surface area contributed by atoms with E-state index in [4.69, 9.17) is 11.6 Å². The van der Waals surface area contributed by atoms with E-state index in [1.165, 1.54) is 36.1 Å². The number of piperidine rings is 2. The molecule has 2 unspecified atom stereocenters. The average molecular weight is 425 g/mol. The van der Waals surface area contributed by atoms with E-state index in [1.807, 2.05) is 4.90 Å². The smallest absolute Gasteiger partial charge is 0.253 e. The molecule has 0 spiro atoms. The summed E-state index contributed by atoms with van der Waals surface area (Å²) in [6.07, 6.45) is 8.89. The van der Waals surface area contributed by atoms with Gasteiger partial charge in [-0.1, -0.05) is 37.3 Å². The second kappa shape index (κ2) is 8.33. The van der Waals surface area contributed by atoms with Crippen molar-refractivity contribution < 1.29 is 13.2 Å². The van der Waals surface area contributed by atoms with Crippen molar-refractivity contribution in [1.82, 2.24) is 9.21 Å². The minimum Gasteiger partial charge on any atom is -0.338 e. The summed E-state index contributed by atoms with van der Waals surface area (Å²) in [5, 5.41) is 0.188. The van der Waals surface area contributed by atoms with Crippen LogP contribution in [-0.2, 0) is 10.0 Å². The molecule has 28 heavy (non-hydrogen) atoms. The van der Waals surface area contributed by atoms with Gasteiger partial charge in [0, 0.05) is 31.7 Å². The van der Waals surface area contributed by atoms with Crippen molar-refractivity contribution in [3.8, 4) is 0 Å². The minimum atomic E-state index is -3.67. The first-order valence-corrected chi connectivity index (χ1v) is 12.4. The van der Waals surface area contributed by atoms with Gasteiger partial charge in [-0.3, -0.25) is 4.79 Å². The van der Waals surface area contributed by atoms with Crippen LogP contribution in [0.4, 0.5) is 0 Å². The first kappa shape index (κ1) is 20.2. The van der Waals surface area contributed by atoms with Gasteiger partial charge in [-0.05, 0) is 55.7 Å². The third-order valence-corrected chi connectivity index (χ3v) is 9.07. The van der Waals surface area contributed by atoms with Crippen molar-refractivity contribution in [2.24, 2.45) is 11.8 Å². The van der Waals surface area contributed by atoms with Crippen LogP contribution in [0.2, 0.25) is 5.02 Å². The second-order valence-electron chi connectivity index (χ2n) is 8.45. The summed E-state index contributed by atoms with van der Waals surface area (Å²) < 4.78 is 27.6. The molecule has 0 N–H and O–H groups in total. The van der Waals surface area contributed by atoms with Gasteiger partial charge in [0.25, 0.3) is 5.91 Å². The van der Waals surface area contributed by atoms with E-state index in [0.717, 1.165) is 44.7 Å². The molecule has 2 heterocycles. The monoisotopic (exact) mass is 424 g/mol. The van der Waals surface area contributed by atoms with Crippen molar-refractivity contribution in [2.75, 3.05) is 26.2 Å². The Kier molecular flexibility index (Phi) is 6.00. The first-order chi connectivity index (χ1) is 13.5. The Hall–Kier alpha value is -1.11. The zero-order valence-electron chi connectivity index (χ0n) is 16.3. The van der Waals surface area contributed by atoms with Crippen molar-refractivity contribution in [3.63, 3.8) is 0 Å². The van der Waals surface area contributed by atoms with Crippen LogP contribution in [0, 0.1) is 11.8 Å². The third kappa shape index (κ3) is 3.96. The molecule has 1 aliphatic carbocycles. The number of hydrogen-bond acceptors (Lipinski definition) is 3. The molecule has 0 aromatic heterocycles. The largest absolute Gasteiger partial charge is 0.338 e. The van der Waals surface area contributed by atoms with Crippen molar-refractivity contribution in [2.45, 2.75) is 56.3 Å². The van der Waals surface area contributed by atoms with E-state index in [1.54, 1.807) is 12.1 Å². The van der Waals surface area contributed by atoms with Crippen molar-refractivity contribution in [3.05, 3.63) is 28.8 Å². The lowest BCUT2D eigenvalue weighted by molar-refractivity contribution is 0.0520. The molecular formula is C21H29ClN2O3S. The molecule has 5 nitrogen and oxygen atoms in total. The maximum Gasteiger partial charge on any atom is 0.253 e. The summed E-state index contributed by atoms with van der Waals surface area (Å²) >= 11 is 6.25. The number of halogens is 1. The summed E-state index contributed by atoms with van der Waals surface area (Å²) in [5.74, 6) is 1.27. The predicted molar refractivity (Wildman–Crippen MR) is 110 cm³/mol. The lowest BCUT2D eigenvalue weighted by atomic mass is 9.75. The molecule has 3 fully saturated rings. The number of hydrogen-bond donors (Lipinski definition) is 0. The summed E-state index contributed by atoms with van der Waals surface area (Å²) in [6, 6.07) is 4.70. The van der Waals surface area contributed by atoms with Gasteiger partial charge >= 0.3 is 0 Å². The van der Waals surface area contributed by atoms with Gasteiger partial charge in [-0.25, -0.2) is 8.42 Å². The molecule has 7 heteroatoms. The van der Waals surface area contributed by atoms with E-state index in [0.29, 0.717) is 24.6 Å². The molecule has 1 aromatic rings. The SMILES string of the molecule is O=C(c1ccc(Cl)c(S(=O)(=O)N2CCCCC2)c1)N1CCC2CCCCC2C1. The molecule has 2 aliphatic heterocycles. The molecular weight excluding hydrogens is 396 g/mol. The number of carbonyl (C=O) groups excluding carboxylic acids is 1. The average Bonchev–Trinajstić information content (AvgIpc) is 2.73. The minimum absolute atomic E-state index is 0.0643. The van der Waals surface area contributed by atoms with Crippen molar-refractivity contribution in [1.29, 1.82) is 0 Å². The lowest BCUT2D eigenvalue weighted by Crippen LogP contribution is -2.44. The Bertz CT molecular complexity index is 836. The fourth-order valence-electron chi connectivity index (χ4n) is 5.05. The molecule has 0 bridgehead atoms. The zero-order valence-corrected chi connectivity index (χ0v) is 17.8. The third-order valence-electron chi connectivity index (χ3n) is 6.69. The number of amides is 1. The molecule has 154 valence electrons. The fourth-order valence-corrected chi connectivity index (χ4v) is 7.06. The molecule has 1 amide bonds. The van der Waals surface area contributed by atoms with Gasteiger partial charge in [0.15, 0.2) is 0 Å². The summed E-state index contributed by atoms with van der Waals surface area (Å²) in [7, 11) is -3.67. The molecule has 2 atom stereocenters. The van der Waals surface area contributed by atoms with Crippen molar-refractivity contribution >= 4 is 27.5 Å². The highest BCUT2D eigenvalue weighted by atomic mass is 35.5. The van der Waals surface area contributed by atoms with Gasteiger partial charge < -0.3 is 4.90 Å². The number of benzene rings is 1. The number of likely N-dealkylation sites (tertiary alicyclic amines) is 1. The molecule has 0 radical (unpaired) electrons. The van der Waals surface area contributed by atoms with Crippen LogP contribution in [-0.4, -0.2) is 49.7 Å². The van der Waals surface area contributed by atoms with E-state index < -0.39 is 10.0 Å². The Morgan fingerprint density at radius 2 is 1.64 bits per heavy atom. The Morgan fingerprint density at radius 3 is 2.39 bits per heavy atom. The van der Waals surface area contributed by atoms with Crippen LogP contribution in [0.15, 0.2) is 23.1 Å². The Morgan fingerprint density at radius 1 is 0.929 bits per heavy atom. The van der Waals surface area contributed by atoms with Crippen LogP contribution in [0.5, 0.6) is 0 Å². The van der Waals surface area contributed by atoms with E-state index in [2.05, 4.69) is 0 Å². The standard InChI is InChI=1S/C21H29ClN2O3S/c22-19-9-8-17(14-20(19)28(26,27)24-11-4-1-5-12-24)21(25)23-13-10-16-6-2-3-7-18(16)15-23/h8-9,14,16,18H,1-7,10-13,15H2. The highest BCUT2D eigenvalue weighted by molar-refractivity contribution is 7.89. The molecule has 3 aliphatic rings. The van der Waals surface area contributed by atoms with E-state index >= 15 is 0 Å². The van der Waals surface area contributed by atoms with Gasteiger partial charge in [0.1, 0.15) is 4.90 Å². The number of fused-ring (bicyclic) bond motifs is 1. The maximum atomic E-state index is 13.1. The topological polar surface area (TPSA) is 57.7 Å². The number of nitrogens with zero attached hydrogens (tertiary/aromatic N) is 2. The van der Waals surface area contributed by atoms with Gasteiger partial charge in [-0.2, -0.15) is 4.31 Å². The first-order valence-electron chi connectivity index (χ1n) is 10.6. The van der Waals surface area contributed by atoms with Gasteiger partial charge in [-0.15, -0.1) is 0 Å². The summed E-state index contributed by atoms with van der Waals surface area (Å²) in [6.45, 7) is 2.59. The summed E-state index contributed by atoms with van der Waals surface area (Å²) in [5.41, 5.74) is 0.425. The van der Waals surface area contributed by atoms with Gasteiger partial charge in [0.05, 0.1) is 5.02 Å². The van der Waals surface area contributed by atoms with Gasteiger partial charge in [0.2, 0.25) is 10.0 Å². The van der Waals surface area contributed by atoms with Crippen LogP contribution in [0.25, 0.3) is 0 Å². The quantitative estimate of drug-likeness (QED) is 0.731. The van der Waals surface area contributed by atoms with Crippen LogP contribution >= 0.6 is 11.6 Å². The molecule has 4 rings (SSSR count). The molecule has 1 aromatic carbocycles. The highest BCUT2D eigenvalue weighted by Crippen LogP contribution is 2.36. The van der Waals surface area contributed by atoms with E-state index in [-0.39, 0.29) is 15.8 Å². The molecule has 2 saturated heterocycles. The number of carbonyl (C=O) groups is 1. The molecule has 1 saturated carbocycles. The predicted octanol–water partition coefficient (Wildman–Crippen LogP) is 4.17. The van der Waals surface area contributed by atoms with Crippen LogP contribution in [0.3, 0.4) is 0 Å². The lowest BCUT2D eigenvalue weighted by Gasteiger charge is -2.41.